The number of rotatable bonds is 7. The molecular formula is C49H39N3. The molecule has 3 heteroatoms. The van der Waals surface area contributed by atoms with Crippen molar-refractivity contribution in [3.63, 3.8) is 0 Å². The lowest BCUT2D eigenvalue weighted by Crippen LogP contribution is -2.24. The summed E-state index contributed by atoms with van der Waals surface area (Å²) in [6.45, 7) is 4.25. The van der Waals surface area contributed by atoms with E-state index in [-0.39, 0.29) is 0 Å². The molecule has 2 heterocycles. The summed E-state index contributed by atoms with van der Waals surface area (Å²) in [6, 6.07) is 60.0. The van der Waals surface area contributed by atoms with Crippen molar-refractivity contribution in [2.24, 2.45) is 4.99 Å². The summed E-state index contributed by atoms with van der Waals surface area (Å²) in [5.41, 5.74) is 16.8. The lowest BCUT2D eigenvalue weighted by molar-refractivity contribution is 1.14. The molecule has 1 aromatic heterocycles. The highest BCUT2D eigenvalue weighted by molar-refractivity contribution is 6.06. The average Bonchev–Trinajstić information content (AvgIpc) is 3.21. The first-order valence-electron chi connectivity index (χ1n) is 17.8. The molecule has 250 valence electrons. The Morgan fingerprint density at radius 2 is 0.865 bits per heavy atom. The fourth-order valence-corrected chi connectivity index (χ4v) is 6.62. The number of hydrogen-bond donors (Lipinski definition) is 1. The highest BCUT2D eigenvalue weighted by atomic mass is 15.0. The fraction of sp³-hybridized carbons (Fsp3) is 0.0612. The van der Waals surface area contributed by atoms with Gasteiger partial charge < -0.3 is 5.32 Å². The molecule has 0 fully saturated rings. The molecule has 1 aliphatic heterocycles. The third-order valence-electron chi connectivity index (χ3n) is 9.65. The van der Waals surface area contributed by atoms with Crippen LogP contribution in [0.15, 0.2) is 193 Å². The van der Waals surface area contributed by atoms with Gasteiger partial charge in [-0.2, -0.15) is 0 Å². The molecule has 0 saturated carbocycles. The zero-order chi connectivity index (χ0) is 35.3. The highest BCUT2D eigenvalue weighted by Crippen LogP contribution is 2.31. The molecule has 52 heavy (non-hydrogen) atoms. The second-order valence-corrected chi connectivity index (χ2v) is 13.3. The molecule has 3 nitrogen and oxygen atoms in total. The highest BCUT2D eigenvalue weighted by Gasteiger charge is 2.16. The Labute approximate surface area is 306 Å². The van der Waals surface area contributed by atoms with Crippen molar-refractivity contribution in [2.45, 2.75) is 20.3 Å². The summed E-state index contributed by atoms with van der Waals surface area (Å²) in [6.07, 6.45) is 4.98. The number of nitrogens with one attached hydrogen (secondary N) is 1. The number of amidine groups is 1. The van der Waals surface area contributed by atoms with E-state index >= 15 is 0 Å². The number of allylic oxidation sites excluding steroid dienone is 2. The molecule has 0 amide bonds. The number of aryl methyl sites for hydroxylation is 1. The van der Waals surface area contributed by atoms with Gasteiger partial charge in [0.25, 0.3) is 0 Å². The van der Waals surface area contributed by atoms with E-state index in [0.717, 1.165) is 57.2 Å². The lowest BCUT2D eigenvalue weighted by atomic mass is 9.98. The Balaban J connectivity index is 1.11. The van der Waals surface area contributed by atoms with Crippen molar-refractivity contribution in [1.82, 2.24) is 10.3 Å². The van der Waals surface area contributed by atoms with Gasteiger partial charge in [-0.15, -0.1) is 0 Å². The lowest BCUT2D eigenvalue weighted by Gasteiger charge is -2.20. The zero-order valence-corrected chi connectivity index (χ0v) is 29.4. The maximum atomic E-state index is 5.38. The van der Waals surface area contributed by atoms with Crippen molar-refractivity contribution >= 4 is 17.2 Å². The van der Waals surface area contributed by atoms with Gasteiger partial charge in [-0.05, 0) is 76.4 Å². The van der Waals surface area contributed by atoms with Crippen molar-refractivity contribution < 1.29 is 0 Å². The van der Waals surface area contributed by atoms with Crippen LogP contribution in [0.5, 0.6) is 0 Å². The third-order valence-corrected chi connectivity index (χ3v) is 9.65. The molecule has 0 spiro atoms. The van der Waals surface area contributed by atoms with Gasteiger partial charge in [0, 0.05) is 28.6 Å². The summed E-state index contributed by atoms with van der Waals surface area (Å²) in [5.74, 6) is 0.816. The van der Waals surface area contributed by atoms with Crippen LogP contribution < -0.4 is 5.32 Å². The van der Waals surface area contributed by atoms with E-state index in [0.29, 0.717) is 0 Å². The molecule has 7 aromatic rings. The minimum atomic E-state index is 0.776. The smallest absolute Gasteiger partial charge is 0.138 e. The van der Waals surface area contributed by atoms with Gasteiger partial charge in [-0.1, -0.05) is 170 Å². The molecule has 0 radical (unpaired) electrons. The SMILES string of the molecule is CC1=C(c2ccc(-c3ccccc3)cc2)N=C(c2ccc(-c3ccccc3)cc2)NC(c2ccc(-c3ccc(-c4ccc(C)cn4)cc3)cc2)=CC1. The minimum absolute atomic E-state index is 0.776. The summed E-state index contributed by atoms with van der Waals surface area (Å²) in [5, 5.41) is 3.76. The molecule has 8 rings (SSSR count). The first kappa shape index (κ1) is 32.6. The van der Waals surface area contributed by atoms with Gasteiger partial charge in [0.1, 0.15) is 5.84 Å². The average molecular weight is 670 g/mol. The van der Waals surface area contributed by atoms with Gasteiger partial charge in [-0.3, -0.25) is 4.98 Å². The van der Waals surface area contributed by atoms with E-state index in [2.05, 4.69) is 194 Å². The molecule has 0 aliphatic carbocycles. The normalized spacial score (nSPS) is 13.0. The van der Waals surface area contributed by atoms with E-state index in [1.807, 2.05) is 12.3 Å². The number of aromatic nitrogens is 1. The molecule has 0 saturated heterocycles. The Bertz CT molecular complexity index is 2380. The largest absolute Gasteiger partial charge is 0.339 e. The molecular weight excluding hydrogens is 631 g/mol. The van der Waals surface area contributed by atoms with E-state index in [9.17, 15) is 0 Å². The number of benzene rings is 6. The second kappa shape index (κ2) is 14.7. The van der Waals surface area contributed by atoms with Crippen LogP contribution in [0.3, 0.4) is 0 Å². The van der Waals surface area contributed by atoms with Gasteiger partial charge in [0.15, 0.2) is 0 Å². The summed E-state index contributed by atoms with van der Waals surface area (Å²) in [4.78, 5) is 9.97. The van der Waals surface area contributed by atoms with Crippen LogP contribution >= 0.6 is 0 Å². The van der Waals surface area contributed by atoms with E-state index in [4.69, 9.17) is 4.99 Å². The number of aliphatic imine (C=N–C) groups is 1. The monoisotopic (exact) mass is 669 g/mol. The van der Waals surface area contributed by atoms with E-state index in [1.54, 1.807) is 0 Å². The van der Waals surface area contributed by atoms with Crippen LogP contribution in [-0.4, -0.2) is 10.8 Å². The molecule has 1 aliphatic rings. The summed E-state index contributed by atoms with van der Waals surface area (Å²) >= 11 is 0. The van der Waals surface area contributed by atoms with Crippen LogP contribution in [0.25, 0.3) is 56.0 Å². The Kier molecular flexibility index (Phi) is 9.23. The summed E-state index contributed by atoms with van der Waals surface area (Å²) < 4.78 is 0. The van der Waals surface area contributed by atoms with Gasteiger partial charge in [0.05, 0.1) is 11.4 Å². The Morgan fingerprint density at radius 1 is 0.423 bits per heavy atom. The predicted octanol–water partition coefficient (Wildman–Crippen LogP) is 12.3. The van der Waals surface area contributed by atoms with Crippen molar-refractivity contribution in [2.75, 3.05) is 0 Å². The van der Waals surface area contributed by atoms with Crippen molar-refractivity contribution in [3.8, 4) is 44.6 Å². The van der Waals surface area contributed by atoms with Crippen LogP contribution in [0.4, 0.5) is 0 Å². The van der Waals surface area contributed by atoms with E-state index in [1.165, 1.54) is 39.0 Å². The zero-order valence-electron chi connectivity index (χ0n) is 29.4. The molecule has 0 atom stereocenters. The predicted molar refractivity (Wildman–Crippen MR) is 218 cm³/mol. The van der Waals surface area contributed by atoms with Gasteiger partial charge >= 0.3 is 0 Å². The van der Waals surface area contributed by atoms with Crippen LogP contribution in [-0.2, 0) is 0 Å². The number of nitrogens with zero attached hydrogens (tertiary/aromatic N) is 2. The number of pyridine rings is 1. The first-order valence-corrected chi connectivity index (χ1v) is 17.8. The Morgan fingerprint density at radius 3 is 1.37 bits per heavy atom. The van der Waals surface area contributed by atoms with Crippen LogP contribution in [0, 0.1) is 6.92 Å². The van der Waals surface area contributed by atoms with E-state index < -0.39 is 0 Å². The third kappa shape index (κ3) is 7.17. The molecule has 6 aromatic carbocycles. The van der Waals surface area contributed by atoms with Crippen LogP contribution in [0.2, 0.25) is 0 Å². The van der Waals surface area contributed by atoms with Gasteiger partial charge in [-0.25, -0.2) is 4.99 Å². The Hall–Kier alpha value is -6.58. The van der Waals surface area contributed by atoms with Crippen molar-refractivity contribution in [3.05, 3.63) is 210 Å². The molecule has 0 unspecified atom stereocenters. The molecule has 0 bridgehead atoms. The second-order valence-electron chi connectivity index (χ2n) is 13.3. The maximum Gasteiger partial charge on any atom is 0.138 e. The van der Waals surface area contributed by atoms with Gasteiger partial charge in [0.2, 0.25) is 0 Å². The summed E-state index contributed by atoms with van der Waals surface area (Å²) in [7, 11) is 0. The maximum absolute atomic E-state index is 5.38. The topological polar surface area (TPSA) is 37.3 Å². The van der Waals surface area contributed by atoms with Crippen LogP contribution in [0.1, 0.15) is 35.6 Å². The van der Waals surface area contributed by atoms with Crippen molar-refractivity contribution in [1.29, 1.82) is 0 Å². The quantitative estimate of drug-likeness (QED) is 0.183. The molecule has 1 N–H and O–H groups in total. The minimum Gasteiger partial charge on any atom is -0.339 e. The standard InChI is InChI=1S/C49H39N3/c1-34-13-31-46(50-33-34)42-23-15-40(16-24-42)41-17-25-43(26-18-41)47-32-14-35(2)48(44-27-19-38(20-28-44)36-9-5-3-6-10-36)52-49(51-47)45-29-21-39(22-30-45)37-11-7-4-8-12-37/h3-13,15-33H,14H2,1-2H3,(H,51,52). The fourth-order valence-electron chi connectivity index (χ4n) is 6.62. The number of hydrogen-bond acceptors (Lipinski definition) is 3. The first-order chi connectivity index (χ1) is 25.6.